The van der Waals surface area contributed by atoms with Crippen molar-refractivity contribution in [3.05, 3.63) is 64.1 Å². The Morgan fingerprint density at radius 2 is 2.00 bits per heavy atom. The molecule has 126 valence electrons. The van der Waals surface area contributed by atoms with E-state index >= 15 is 0 Å². The van der Waals surface area contributed by atoms with Gasteiger partial charge >= 0.3 is 0 Å². The molecule has 1 amide bonds. The van der Waals surface area contributed by atoms with Gasteiger partial charge in [0.25, 0.3) is 5.91 Å². The highest BCUT2D eigenvalue weighted by Gasteiger charge is 2.19. The highest BCUT2D eigenvalue weighted by Crippen LogP contribution is 2.23. The lowest BCUT2D eigenvalue weighted by Gasteiger charge is -2.21. The second kappa shape index (κ2) is 8.44. The Labute approximate surface area is 155 Å². The first-order valence-corrected chi connectivity index (χ1v) is 8.46. The molecule has 1 heterocycles. The molecule has 0 atom stereocenters. The molecule has 0 aliphatic rings. The molecule has 3 rings (SSSR count). The smallest absolute Gasteiger partial charge is 0.283 e. The number of fused-ring (bicyclic) bond motifs is 1. The molecule has 2 aromatic carbocycles. The average Bonchev–Trinajstić information content (AvgIpc) is 2.98. The van der Waals surface area contributed by atoms with Crippen molar-refractivity contribution in [3.8, 4) is 0 Å². The van der Waals surface area contributed by atoms with Crippen LogP contribution in [0, 0.1) is 0 Å². The van der Waals surface area contributed by atoms with E-state index in [1.807, 2.05) is 48.5 Å². The van der Waals surface area contributed by atoms with Crippen molar-refractivity contribution in [3.63, 3.8) is 0 Å². The van der Waals surface area contributed by atoms with E-state index in [2.05, 4.69) is 4.98 Å². The summed E-state index contributed by atoms with van der Waals surface area (Å²) in [6.45, 7) is 1.34. The minimum Gasteiger partial charge on any atom is -0.331 e. The van der Waals surface area contributed by atoms with Crippen LogP contribution in [-0.2, 0) is 6.54 Å². The van der Waals surface area contributed by atoms with E-state index in [1.54, 1.807) is 4.90 Å². The van der Waals surface area contributed by atoms with E-state index in [4.69, 9.17) is 17.3 Å². The van der Waals surface area contributed by atoms with E-state index < -0.39 is 0 Å². The number of halogens is 2. The molecule has 0 aliphatic carbocycles. The Kier molecular flexibility index (Phi) is 6.57. The summed E-state index contributed by atoms with van der Waals surface area (Å²) >= 11 is 7.42. The van der Waals surface area contributed by atoms with Gasteiger partial charge in [-0.15, -0.1) is 23.7 Å². The lowest BCUT2D eigenvalue weighted by Crippen LogP contribution is -2.34. The molecule has 4 nitrogen and oxygen atoms in total. The van der Waals surface area contributed by atoms with Crippen molar-refractivity contribution in [2.45, 2.75) is 6.54 Å². The zero-order valence-corrected chi connectivity index (χ0v) is 15.2. The van der Waals surface area contributed by atoms with Gasteiger partial charge in [0.05, 0.1) is 10.2 Å². The van der Waals surface area contributed by atoms with Gasteiger partial charge in [0, 0.05) is 24.7 Å². The zero-order valence-electron chi connectivity index (χ0n) is 12.8. The fraction of sp³-hybridized carbons (Fsp3) is 0.176. The second-order valence-electron chi connectivity index (χ2n) is 5.13. The van der Waals surface area contributed by atoms with Crippen LogP contribution < -0.4 is 5.73 Å². The Balaban J connectivity index is 0.00000208. The Bertz CT molecular complexity index is 804. The van der Waals surface area contributed by atoms with E-state index in [0.717, 1.165) is 15.8 Å². The van der Waals surface area contributed by atoms with Crippen molar-refractivity contribution in [1.82, 2.24) is 9.88 Å². The topological polar surface area (TPSA) is 59.2 Å². The number of para-hydroxylation sites is 1. The van der Waals surface area contributed by atoms with Crippen molar-refractivity contribution in [2.24, 2.45) is 5.73 Å². The summed E-state index contributed by atoms with van der Waals surface area (Å²) in [5, 5.41) is 1.14. The Morgan fingerprint density at radius 1 is 1.21 bits per heavy atom. The summed E-state index contributed by atoms with van der Waals surface area (Å²) < 4.78 is 1.01. The van der Waals surface area contributed by atoms with Crippen LogP contribution in [0.3, 0.4) is 0 Å². The van der Waals surface area contributed by atoms with Crippen LogP contribution in [-0.4, -0.2) is 28.9 Å². The van der Waals surface area contributed by atoms with Crippen molar-refractivity contribution in [2.75, 3.05) is 13.1 Å². The largest absolute Gasteiger partial charge is 0.331 e. The number of carbonyl (C=O) groups is 1. The molecular formula is C17H17Cl2N3OS. The Morgan fingerprint density at radius 3 is 2.71 bits per heavy atom. The average molecular weight is 382 g/mol. The second-order valence-corrected chi connectivity index (χ2v) is 6.60. The van der Waals surface area contributed by atoms with Crippen LogP contribution >= 0.6 is 35.3 Å². The summed E-state index contributed by atoms with van der Waals surface area (Å²) in [6.07, 6.45) is 0. The molecule has 0 saturated heterocycles. The fourth-order valence-corrected chi connectivity index (χ4v) is 3.51. The third-order valence-electron chi connectivity index (χ3n) is 3.43. The molecule has 0 radical (unpaired) electrons. The molecule has 0 spiro atoms. The van der Waals surface area contributed by atoms with Gasteiger partial charge in [-0.05, 0) is 29.8 Å². The number of rotatable bonds is 5. The number of amides is 1. The quantitative estimate of drug-likeness (QED) is 0.726. The number of nitrogens with two attached hydrogens (primary N) is 1. The predicted molar refractivity (Wildman–Crippen MR) is 102 cm³/mol. The maximum absolute atomic E-state index is 12.8. The number of hydrogen-bond donors (Lipinski definition) is 1. The van der Waals surface area contributed by atoms with Crippen LogP contribution in [0.2, 0.25) is 5.02 Å². The fourth-order valence-electron chi connectivity index (χ4n) is 2.36. The maximum atomic E-state index is 12.8. The minimum atomic E-state index is -0.100. The SMILES string of the molecule is Cl.NCCN(Cc1cccc(Cl)c1)C(=O)c1nc2ccccc2s1. The summed E-state index contributed by atoms with van der Waals surface area (Å²) in [6, 6.07) is 15.2. The normalized spacial score (nSPS) is 10.4. The van der Waals surface area contributed by atoms with E-state index in [-0.39, 0.29) is 18.3 Å². The summed E-state index contributed by atoms with van der Waals surface area (Å²) in [4.78, 5) is 18.9. The highest BCUT2D eigenvalue weighted by molar-refractivity contribution is 7.20. The first kappa shape index (κ1) is 18.7. The predicted octanol–water partition coefficient (Wildman–Crippen LogP) is 3.97. The van der Waals surface area contributed by atoms with Gasteiger partial charge in [-0.1, -0.05) is 35.9 Å². The zero-order chi connectivity index (χ0) is 16.2. The van der Waals surface area contributed by atoms with Crippen LogP contribution in [0.25, 0.3) is 10.2 Å². The molecule has 0 saturated carbocycles. The molecule has 0 bridgehead atoms. The van der Waals surface area contributed by atoms with Gasteiger partial charge < -0.3 is 10.6 Å². The molecule has 0 unspecified atom stereocenters. The van der Waals surface area contributed by atoms with Crippen LogP contribution in [0.5, 0.6) is 0 Å². The molecule has 3 aromatic rings. The number of carbonyl (C=O) groups excluding carboxylic acids is 1. The van der Waals surface area contributed by atoms with E-state index in [1.165, 1.54) is 11.3 Å². The van der Waals surface area contributed by atoms with Crippen molar-refractivity contribution < 1.29 is 4.79 Å². The summed E-state index contributed by atoms with van der Waals surface area (Å²) in [5.41, 5.74) is 7.48. The van der Waals surface area contributed by atoms with Gasteiger partial charge in [-0.25, -0.2) is 4.98 Å². The van der Waals surface area contributed by atoms with Gasteiger partial charge in [0.15, 0.2) is 5.01 Å². The molecule has 0 fully saturated rings. The number of benzene rings is 2. The maximum Gasteiger partial charge on any atom is 0.283 e. The van der Waals surface area contributed by atoms with Crippen LogP contribution in [0.15, 0.2) is 48.5 Å². The standard InChI is InChI=1S/C17H16ClN3OS.ClH/c18-13-5-3-4-12(10-13)11-21(9-8-19)17(22)16-20-14-6-1-2-7-15(14)23-16;/h1-7,10H,8-9,11,19H2;1H. The summed E-state index contributed by atoms with van der Waals surface area (Å²) in [5.74, 6) is -0.100. The first-order chi connectivity index (χ1) is 11.2. The highest BCUT2D eigenvalue weighted by atomic mass is 35.5. The van der Waals surface area contributed by atoms with E-state index in [9.17, 15) is 4.79 Å². The summed E-state index contributed by atoms with van der Waals surface area (Å²) in [7, 11) is 0. The van der Waals surface area contributed by atoms with Gasteiger partial charge in [-0.2, -0.15) is 0 Å². The van der Waals surface area contributed by atoms with Crippen molar-refractivity contribution in [1.29, 1.82) is 0 Å². The molecule has 24 heavy (non-hydrogen) atoms. The molecule has 0 aliphatic heterocycles. The van der Waals surface area contributed by atoms with E-state index in [0.29, 0.717) is 29.7 Å². The molecule has 7 heteroatoms. The van der Waals surface area contributed by atoms with Gasteiger partial charge in [0.1, 0.15) is 0 Å². The van der Waals surface area contributed by atoms with Crippen LogP contribution in [0.1, 0.15) is 15.4 Å². The number of thiazole rings is 1. The lowest BCUT2D eigenvalue weighted by molar-refractivity contribution is 0.0748. The van der Waals surface area contributed by atoms with Crippen molar-refractivity contribution >= 4 is 51.5 Å². The van der Waals surface area contributed by atoms with Gasteiger partial charge in [-0.3, -0.25) is 4.79 Å². The number of nitrogens with zero attached hydrogens (tertiary/aromatic N) is 2. The Hall–Kier alpha value is -1.66. The molecule has 2 N–H and O–H groups in total. The minimum absolute atomic E-state index is 0. The molecule has 1 aromatic heterocycles. The lowest BCUT2D eigenvalue weighted by atomic mass is 10.2. The first-order valence-electron chi connectivity index (χ1n) is 7.27. The van der Waals surface area contributed by atoms with Gasteiger partial charge in [0.2, 0.25) is 0 Å². The number of hydrogen-bond acceptors (Lipinski definition) is 4. The molecular weight excluding hydrogens is 365 g/mol. The monoisotopic (exact) mass is 381 g/mol. The number of aromatic nitrogens is 1. The third-order valence-corrected chi connectivity index (χ3v) is 4.69. The van der Waals surface area contributed by atoms with Crippen LogP contribution in [0.4, 0.5) is 0 Å². The third kappa shape index (κ3) is 4.24.